The van der Waals surface area contributed by atoms with E-state index in [1.54, 1.807) is 0 Å². The van der Waals surface area contributed by atoms with E-state index in [0.29, 0.717) is 13.0 Å². The predicted molar refractivity (Wildman–Crippen MR) is 35.1 cm³/mol. The van der Waals surface area contributed by atoms with Crippen molar-refractivity contribution in [1.82, 2.24) is 0 Å². The fourth-order valence-electron chi connectivity index (χ4n) is 0.651. The van der Waals surface area contributed by atoms with Gasteiger partial charge in [0.25, 0.3) is 0 Å². The number of aliphatic hydroxyl groups excluding tert-OH is 1. The molecule has 1 rings (SSSR count). The van der Waals surface area contributed by atoms with Gasteiger partial charge in [-0.15, -0.1) is 0 Å². The maximum Gasteiger partial charge on any atom is 0.352 e. The summed E-state index contributed by atoms with van der Waals surface area (Å²) >= 11 is 4.58. The van der Waals surface area contributed by atoms with Crippen LogP contribution in [0, 0.1) is 0 Å². The second-order valence-corrected chi connectivity index (χ2v) is 2.15. The van der Waals surface area contributed by atoms with Crippen molar-refractivity contribution in [3.8, 4) is 0 Å². The summed E-state index contributed by atoms with van der Waals surface area (Å²) in [5.41, 5.74) is 0. The van der Waals surface area contributed by atoms with Gasteiger partial charge in [-0.05, 0) is 0 Å². The molecule has 0 bridgehead atoms. The molecule has 0 spiro atoms. The fourth-order valence-corrected chi connectivity index (χ4v) is 0.855. The van der Waals surface area contributed by atoms with E-state index in [4.69, 9.17) is 14.6 Å². The summed E-state index contributed by atoms with van der Waals surface area (Å²) in [4.78, 5) is 0. The van der Waals surface area contributed by atoms with E-state index in [-0.39, 0.29) is 17.9 Å². The quantitative estimate of drug-likeness (QED) is 0.562. The first-order chi connectivity index (χ1) is 4.33. The maximum absolute atomic E-state index is 8.43. The van der Waals surface area contributed by atoms with Crippen LogP contribution in [0.3, 0.4) is 0 Å². The topological polar surface area (TPSA) is 38.7 Å². The monoisotopic (exact) mass is 148 g/mol. The van der Waals surface area contributed by atoms with Crippen molar-refractivity contribution in [2.45, 2.75) is 12.5 Å². The average Bonchev–Trinajstić information content (AvgIpc) is 2.17. The summed E-state index contributed by atoms with van der Waals surface area (Å²) < 4.78 is 9.77. The Balaban J connectivity index is 2.22. The summed E-state index contributed by atoms with van der Waals surface area (Å²) in [6.45, 7) is 0.607. The largest absolute Gasteiger partial charge is 0.453 e. The normalized spacial score (nSPS) is 25.4. The molecule has 1 aliphatic rings. The van der Waals surface area contributed by atoms with Gasteiger partial charge < -0.3 is 14.6 Å². The van der Waals surface area contributed by atoms with Gasteiger partial charge in [0.15, 0.2) is 0 Å². The molecule has 0 amide bonds. The van der Waals surface area contributed by atoms with Gasteiger partial charge in [0, 0.05) is 25.2 Å². The summed E-state index contributed by atoms with van der Waals surface area (Å²) in [6, 6.07) is 0. The molecule has 1 atom stereocenters. The lowest BCUT2D eigenvalue weighted by Gasteiger charge is -2.01. The van der Waals surface area contributed by atoms with Crippen LogP contribution in [0.5, 0.6) is 0 Å². The number of aliphatic hydroxyl groups is 1. The first kappa shape index (κ1) is 6.77. The van der Waals surface area contributed by atoms with Gasteiger partial charge in [-0.2, -0.15) is 0 Å². The van der Waals surface area contributed by atoms with E-state index in [1.165, 1.54) is 0 Å². The van der Waals surface area contributed by atoms with E-state index in [0.717, 1.165) is 0 Å². The van der Waals surface area contributed by atoms with Gasteiger partial charge >= 0.3 is 5.24 Å². The third kappa shape index (κ3) is 1.80. The zero-order chi connectivity index (χ0) is 6.69. The minimum absolute atomic E-state index is 0.0255. The Morgan fingerprint density at radius 1 is 1.78 bits per heavy atom. The van der Waals surface area contributed by atoms with Crippen molar-refractivity contribution in [2.24, 2.45) is 0 Å². The lowest BCUT2D eigenvalue weighted by molar-refractivity contribution is 0.171. The molecule has 1 aliphatic heterocycles. The van der Waals surface area contributed by atoms with Crippen LogP contribution in [0.4, 0.5) is 0 Å². The molecule has 1 fully saturated rings. The molecule has 1 saturated heterocycles. The molecule has 0 radical (unpaired) electrons. The Labute approximate surface area is 58.6 Å². The molecule has 0 unspecified atom stereocenters. The SMILES string of the molecule is OCC[C@H]1COC(=S)O1. The second kappa shape index (κ2) is 2.98. The molecule has 0 aromatic carbocycles. The molecule has 0 aromatic rings. The smallest absolute Gasteiger partial charge is 0.352 e. The summed E-state index contributed by atoms with van der Waals surface area (Å²) in [7, 11) is 0. The minimum Gasteiger partial charge on any atom is -0.453 e. The van der Waals surface area contributed by atoms with Crippen LogP contribution in [-0.4, -0.2) is 29.7 Å². The standard InChI is InChI=1S/C5H8O3S/c6-2-1-4-3-7-5(9)8-4/h4,6H,1-3H2/t4-/m0/s1. The van der Waals surface area contributed by atoms with E-state index in [2.05, 4.69) is 12.2 Å². The lowest BCUT2D eigenvalue weighted by Crippen LogP contribution is -2.11. The summed E-state index contributed by atoms with van der Waals surface area (Å²) in [5, 5.41) is 8.64. The summed E-state index contributed by atoms with van der Waals surface area (Å²) in [6.07, 6.45) is 0.572. The van der Waals surface area contributed by atoms with Crippen molar-refractivity contribution < 1.29 is 14.6 Å². The van der Waals surface area contributed by atoms with Crippen molar-refractivity contribution in [1.29, 1.82) is 0 Å². The van der Waals surface area contributed by atoms with Crippen LogP contribution in [0.15, 0.2) is 0 Å². The fraction of sp³-hybridized carbons (Fsp3) is 0.800. The van der Waals surface area contributed by atoms with Gasteiger partial charge in [0.2, 0.25) is 0 Å². The van der Waals surface area contributed by atoms with Crippen molar-refractivity contribution >= 4 is 17.5 Å². The van der Waals surface area contributed by atoms with E-state index < -0.39 is 0 Å². The number of thiocarbonyl (C=S) groups is 1. The molecule has 0 saturated carbocycles. The molecule has 52 valence electrons. The predicted octanol–water partition coefficient (Wildman–Crippen LogP) is 0.0691. The summed E-state index contributed by atoms with van der Waals surface area (Å²) in [5.74, 6) is 0. The zero-order valence-corrected chi connectivity index (χ0v) is 5.69. The Morgan fingerprint density at radius 2 is 2.56 bits per heavy atom. The highest BCUT2D eigenvalue weighted by molar-refractivity contribution is 7.79. The Hall–Kier alpha value is -0.350. The Kier molecular flexibility index (Phi) is 2.24. The minimum atomic E-state index is -0.0255. The van der Waals surface area contributed by atoms with Gasteiger partial charge in [-0.3, -0.25) is 0 Å². The van der Waals surface area contributed by atoms with Crippen LogP contribution in [0.1, 0.15) is 6.42 Å². The molecule has 1 N–H and O–H groups in total. The van der Waals surface area contributed by atoms with Crippen LogP contribution in [0.2, 0.25) is 0 Å². The van der Waals surface area contributed by atoms with Crippen LogP contribution >= 0.6 is 12.2 Å². The van der Waals surface area contributed by atoms with Crippen LogP contribution in [0.25, 0.3) is 0 Å². The van der Waals surface area contributed by atoms with Gasteiger partial charge in [-0.25, -0.2) is 0 Å². The molecule has 4 heteroatoms. The number of hydrogen-bond donors (Lipinski definition) is 1. The highest BCUT2D eigenvalue weighted by Crippen LogP contribution is 2.08. The average molecular weight is 148 g/mol. The molecule has 1 heterocycles. The first-order valence-electron chi connectivity index (χ1n) is 2.77. The zero-order valence-electron chi connectivity index (χ0n) is 4.87. The van der Waals surface area contributed by atoms with Crippen molar-refractivity contribution in [3.63, 3.8) is 0 Å². The highest BCUT2D eigenvalue weighted by Gasteiger charge is 2.20. The lowest BCUT2D eigenvalue weighted by atomic mass is 10.3. The molecule has 3 nitrogen and oxygen atoms in total. The van der Waals surface area contributed by atoms with Gasteiger partial charge in [-0.1, -0.05) is 0 Å². The molecular weight excluding hydrogens is 140 g/mol. The number of ether oxygens (including phenoxy) is 2. The van der Waals surface area contributed by atoms with Gasteiger partial charge in [0.1, 0.15) is 12.7 Å². The van der Waals surface area contributed by atoms with Crippen molar-refractivity contribution in [3.05, 3.63) is 0 Å². The number of hydrogen-bond acceptors (Lipinski definition) is 4. The van der Waals surface area contributed by atoms with Crippen LogP contribution < -0.4 is 0 Å². The second-order valence-electron chi connectivity index (χ2n) is 1.81. The number of rotatable bonds is 2. The van der Waals surface area contributed by atoms with Crippen molar-refractivity contribution in [2.75, 3.05) is 13.2 Å². The van der Waals surface area contributed by atoms with Gasteiger partial charge in [0.05, 0.1) is 0 Å². The first-order valence-corrected chi connectivity index (χ1v) is 3.18. The molecule has 0 aliphatic carbocycles. The van der Waals surface area contributed by atoms with E-state index >= 15 is 0 Å². The molecular formula is C5H8O3S. The Morgan fingerprint density at radius 3 is 3.00 bits per heavy atom. The third-order valence-corrected chi connectivity index (χ3v) is 1.32. The van der Waals surface area contributed by atoms with E-state index in [1.807, 2.05) is 0 Å². The third-order valence-electron chi connectivity index (χ3n) is 1.10. The maximum atomic E-state index is 8.43. The van der Waals surface area contributed by atoms with E-state index in [9.17, 15) is 0 Å². The molecule has 0 aromatic heterocycles. The Bertz CT molecular complexity index is 115. The van der Waals surface area contributed by atoms with Crippen LogP contribution in [-0.2, 0) is 9.47 Å². The highest BCUT2D eigenvalue weighted by atomic mass is 32.1. The molecule has 9 heavy (non-hydrogen) atoms.